The Morgan fingerprint density at radius 2 is 1.81 bits per heavy atom. The average molecular weight is 312 g/mol. The molecule has 0 fully saturated rings. The van der Waals surface area contributed by atoms with Crippen LogP contribution in [0.15, 0.2) is 34.3 Å². The number of nitrogens with two attached hydrogens (primary N) is 1. The zero-order valence-electron chi connectivity index (χ0n) is 11.6. The van der Waals surface area contributed by atoms with Gasteiger partial charge in [-0.1, -0.05) is 19.1 Å². The number of hydrogen-bond donors (Lipinski definition) is 3. The zero-order valence-corrected chi connectivity index (χ0v) is 12.4. The van der Waals surface area contributed by atoms with E-state index in [0.717, 1.165) is 6.26 Å². The zero-order chi connectivity index (χ0) is 16.0. The number of rotatable bonds is 5. The predicted molar refractivity (Wildman–Crippen MR) is 76.9 cm³/mol. The smallest absolute Gasteiger partial charge is 0.286 e. The molecule has 0 radical (unpaired) electrons. The SMILES string of the molecule is CCC(=O)NN=C(C(=O)NN)c1ccc(S(C)(=O)=O)cc1. The highest BCUT2D eigenvalue weighted by atomic mass is 32.2. The number of carbonyl (C=O) groups excluding carboxylic acids is 2. The number of amides is 2. The Balaban J connectivity index is 3.15. The third-order valence-electron chi connectivity index (χ3n) is 2.52. The minimum Gasteiger partial charge on any atom is -0.289 e. The number of sulfone groups is 1. The number of benzene rings is 1. The van der Waals surface area contributed by atoms with Crippen molar-refractivity contribution < 1.29 is 18.0 Å². The number of carbonyl (C=O) groups is 2. The van der Waals surface area contributed by atoms with Crippen LogP contribution in [0.25, 0.3) is 0 Å². The molecule has 0 spiro atoms. The van der Waals surface area contributed by atoms with Crippen molar-refractivity contribution in [2.24, 2.45) is 10.9 Å². The molecule has 0 heterocycles. The molecule has 0 aliphatic carbocycles. The van der Waals surface area contributed by atoms with E-state index in [1.807, 2.05) is 5.43 Å². The maximum atomic E-state index is 11.7. The van der Waals surface area contributed by atoms with Crippen LogP contribution in [0.2, 0.25) is 0 Å². The lowest BCUT2D eigenvalue weighted by Crippen LogP contribution is -2.38. The fraction of sp³-hybridized carbons (Fsp3) is 0.250. The Kier molecular flexibility index (Phi) is 5.56. The van der Waals surface area contributed by atoms with Gasteiger partial charge in [0.1, 0.15) is 0 Å². The molecule has 4 N–H and O–H groups in total. The molecule has 0 atom stereocenters. The molecule has 1 aromatic carbocycles. The van der Waals surface area contributed by atoms with E-state index in [9.17, 15) is 18.0 Å². The molecule has 9 heteroatoms. The van der Waals surface area contributed by atoms with Crippen molar-refractivity contribution in [3.8, 4) is 0 Å². The van der Waals surface area contributed by atoms with Gasteiger partial charge in [-0.15, -0.1) is 0 Å². The molecule has 114 valence electrons. The summed E-state index contributed by atoms with van der Waals surface area (Å²) in [6, 6.07) is 5.49. The van der Waals surface area contributed by atoms with E-state index in [2.05, 4.69) is 10.5 Å². The lowest BCUT2D eigenvalue weighted by atomic mass is 10.1. The predicted octanol–water partition coefficient (Wildman–Crippen LogP) is -0.690. The summed E-state index contributed by atoms with van der Waals surface area (Å²) in [4.78, 5) is 23.0. The van der Waals surface area contributed by atoms with Crippen molar-refractivity contribution in [2.45, 2.75) is 18.2 Å². The van der Waals surface area contributed by atoms with Gasteiger partial charge in [0.15, 0.2) is 15.5 Å². The number of hydrazone groups is 1. The summed E-state index contributed by atoms with van der Waals surface area (Å²) < 4.78 is 22.7. The van der Waals surface area contributed by atoms with Gasteiger partial charge in [0.05, 0.1) is 4.90 Å². The van der Waals surface area contributed by atoms with Crippen molar-refractivity contribution in [3.05, 3.63) is 29.8 Å². The van der Waals surface area contributed by atoms with Crippen LogP contribution >= 0.6 is 0 Å². The minimum atomic E-state index is -3.34. The van der Waals surface area contributed by atoms with Crippen LogP contribution in [-0.2, 0) is 19.4 Å². The maximum Gasteiger partial charge on any atom is 0.286 e. The van der Waals surface area contributed by atoms with Gasteiger partial charge in [0, 0.05) is 18.2 Å². The van der Waals surface area contributed by atoms with Crippen LogP contribution in [0.4, 0.5) is 0 Å². The van der Waals surface area contributed by atoms with Crippen LogP contribution in [-0.4, -0.2) is 32.2 Å². The Morgan fingerprint density at radius 3 is 2.24 bits per heavy atom. The summed E-state index contributed by atoms with van der Waals surface area (Å²) in [6.07, 6.45) is 1.28. The molecule has 0 bridgehead atoms. The van der Waals surface area contributed by atoms with E-state index in [4.69, 9.17) is 5.84 Å². The number of hydrogen-bond acceptors (Lipinski definition) is 6. The molecule has 0 aromatic heterocycles. The summed E-state index contributed by atoms with van der Waals surface area (Å²) in [5.41, 5.74) is 4.31. The van der Waals surface area contributed by atoms with Gasteiger partial charge in [-0.2, -0.15) is 5.10 Å². The maximum absolute atomic E-state index is 11.7. The summed E-state index contributed by atoms with van der Waals surface area (Å²) in [5.74, 6) is 3.98. The standard InChI is InChI=1S/C12H16N4O4S/c1-3-10(17)15-16-11(12(18)14-13)8-4-6-9(7-5-8)21(2,19)20/h4-7H,3,13H2,1-2H3,(H,14,18)(H,15,17). The molecule has 1 rings (SSSR count). The molecular weight excluding hydrogens is 296 g/mol. The first kappa shape index (κ1) is 16.8. The van der Waals surface area contributed by atoms with E-state index < -0.39 is 15.7 Å². The molecule has 8 nitrogen and oxygen atoms in total. The molecule has 0 saturated carbocycles. The van der Waals surface area contributed by atoms with Crippen molar-refractivity contribution in [1.82, 2.24) is 10.9 Å². The topological polar surface area (TPSA) is 131 Å². The van der Waals surface area contributed by atoms with Crippen molar-refractivity contribution >= 4 is 27.4 Å². The van der Waals surface area contributed by atoms with E-state index >= 15 is 0 Å². The van der Waals surface area contributed by atoms with E-state index in [0.29, 0.717) is 5.56 Å². The monoisotopic (exact) mass is 312 g/mol. The van der Waals surface area contributed by atoms with Gasteiger partial charge in [0.25, 0.3) is 5.91 Å². The third-order valence-corrected chi connectivity index (χ3v) is 3.64. The van der Waals surface area contributed by atoms with Crippen molar-refractivity contribution in [2.75, 3.05) is 6.26 Å². The Labute approximate surface area is 122 Å². The van der Waals surface area contributed by atoms with Crippen LogP contribution in [0, 0.1) is 0 Å². The molecule has 1 aromatic rings. The van der Waals surface area contributed by atoms with Crippen LogP contribution in [0.5, 0.6) is 0 Å². The van der Waals surface area contributed by atoms with Gasteiger partial charge < -0.3 is 0 Å². The van der Waals surface area contributed by atoms with Gasteiger partial charge in [0.2, 0.25) is 5.91 Å². The number of hydrazine groups is 1. The second-order valence-electron chi connectivity index (χ2n) is 4.12. The molecule has 2 amide bonds. The number of nitrogens with one attached hydrogen (secondary N) is 2. The first-order chi connectivity index (χ1) is 9.79. The summed E-state index contributed by atoms with van der Waals surface area (Å²) in [5, 5.41) is 3.70. The van der Waals surface area contributed by atoms with Crippen molar-refractivity contribution in [3.63, 3.8) is 0 Å². The second kappa shape index (κ2) is 6.95. The summed E-state index contributed by atoms with van der Waals surface area (Å²) in [7, 11) is -3.34. The van der Waals surface area contributed by atoms with Crippen LogP contribution in [0.3, 0.4) is 0 Å². The normalized spacial score (nSPS) is 11.9. The van der Waals surface area contributed by atoms with Gasteiger partial charge in [-0.3, -0.25) is 15.0 Å². The average Bonchev–Trinajstić information content (AvgIpc) is 2.46. The number of nitrogens with zero attached hydrogens (tertiary/aromatic N) is 1. The fourth-order valence-corrected chi connectivity index (χ4v) is 2.00. The molecule has 21 heavy (non-hydrogen) atoms. The van der Waals surface area contributed by atoms with Gasteiger partial charge in [-0.05, 0) is 12.1 Å². The highest BCUT2D eigenvalue weighted by Crippen LogP contribution is 2.11. The highest BCUT2D eigenvalue weighted by Gasteiger charge is 2.15. The molecule has 0 aliphatic rings. The lowest BCUT2D eigenvalue weighted by molar-refractivity contribution is -0.120. The summed E-state index contributed by atoms with van der Waals surface area (Å²) >= 11 is 0. The highest BCUT2D eigenvalue weighted by molar-refractivity contribution is 7.90. The largest absolute Gasteiger partial charge is 0.289 e. The van der Waals surface area contributed by atoms with Gasteiger partial charge in [-0.25, -0.2) is 19.7 Å². The third kappa shape index (κ3) is 4.65. The van der Waals surface area contributed by atoms with Crippen molar-refractivity contribution in [1.29, 1.82) is 0 Å². The van der Waals surface area contributed by atoms with Crippen LogP contribution < -0.4 is 16.7 Å². The van der Waals surface area contributed by atoms with E-state index in [1.165, 1.54) is 24.3 Å². The Morgan fingerprint density at radius 1 is 1.24 bits per heavy atom. The summed E-state index contributed by atoms with van der Waals surface area (Å²) in [6.45, 7) is 1.63. The Bertz CT molecular complexity index is 665. The fourth-order valence-electron chi connectivity index (χ4n) is 1.37. The first-order valence-electron chi connectivity index (χ1n) is 5.97. The molecular formula is C12H16N4O4S. The first-order valence-corrected chi connectivity index (χ1v) is 7.86. The molecule has 0 aliphatic heterocycles. The molecule has 0 unspecified atom stereocenters. The van der Waals surface area contributed by atoms with Gasteiger partial charge >= 0.3 is 0 Å². The second-order valence-corrected chi connectivity index (χ2v) is 6.13. The minimum absolute atomic E-state index is 0.108. The molecule has 0 saturated heterocycles. The van der Waals surface area contributed by atoms with E-state index in [1.54, 1.807) is 6.92 Å². The lowest BCUT2D eigenvalue weighted by Gasteiger charge is -2.06. The van der Waals surface area contributed by atoms with Crippen LogP contribution in [0.1, 0.15) is 18.9 Å². The Hall–Kier alpha value is -2.26. The van der Waals surface area contributed by atoms with E-state index in [-0.39, 0.29) is 22.9 Å². The quantitative estimate of drug-likeness (QED) is 0.287.